The van der Waals surface area contributed by atoms with Crippen molar-refractivity contribution in [1.29, 1.82) is 0 Å². The third-order valence-electron chi connectivity index (χ3n) is 4.91. The van der Waals surface area contributed by atoms with Crippen molar-refractivity contribution >= 4 is 5.97 Å². The van der Waals surface area contributed by atoms with Gasteiger partial charge >= 0.3 is 17.8 Å². The van der Waals surface area contributed by atoms with E-state index in [1.807, 2.05) is 6.92 Å². The maximum absolute atomic E-state index is 12.8. The molecule has 176 valence electrons. The molecule has 0 aliphatic heterocycles. The lowest BCUT2D eigenvalue weighted by Crippen LogP contribution is -2.39. The molecule has 0 amide bonds. The first-order valence-electron chi connectivity index (χ1n) is 10.2. The molecule has 0 bridgehead atoms. The standard InChI is InChI=1S/C23H24F3N3O4/c1-5-32-20(30)22(3,4)33-19-11-6-16(12-15(19)2)13-29-21(31)28(14-27-29)18-9-7-17(8-10-18)23(24,25)26/h6-12,14H,5,13H2,1-4H3. The summed E-state index contributed by atoms with van der Waals surface area (Å²) in [7, 11) is 0. The number of aryl methyl sites for hydroxylation is 1. The average Bonchev–Trinajstić information content (AvgIpc) is 3.10. The number of rotatable bonds is 7. The van der Waals surface area contributed by atoms with Crippen molar-refractivity contribution in [1.82, 2.24) is 14.3 Å². The molecule has 0 atom stereocenters. The Kier molecular flexibility index (Phi) is 6.66. The zero-order valence-corrected chi connectivity index (χ0v) is 18.6. The van der Waals surface area contributed by atoms with Crippen LogP contribution in [0.1, 0.15) is 37.5 Å². The molecule has 2 aromatic carbocycles. The highest BCUT2D eigenvalue weighted by Crippen LogP contribution is 2.29. The molecule has 10 heteroatoms. The number of carbonyl (C=O) groups excluding carboxylic acids is 1. The van der Waals surface area contributed by atoms with E-state index in [2.05, 4.69) is 5.10 Å². The Morgan fingerprint density at radius 3 is 2.33 bits per heavy atom. The third-order valence-corrected chi connectivity index (χ3v) is 4.91. The Bertz CT molecular complexity index is 1190. The first-order valence-corrected chi connectivity index (χ1v) is 10.2. The van der Waals surface area contributed by atoms with Gasteiger partial charge in [-0.05, 0) is 69.2 Å². The fourth-order valence-electron chi connectivity index (χ4n) is 3.15. The molecule has 1 aromatic heterocycles. The minimum Gasteiger partial charge on any atom is -0.476 e. The summed E-state index contributed by atoms with van der Waals surface area (Å²) >= 11 is 0. The van der Waals surface area contributed by atoms with Crippen LogP contribution in [0.5, 0.6) is 5.75 Å². The molecule has 1 heterocycles. The largest absolute Gasteiger partial charge is 0.476 e. The van der Waals surface area contributed by atoms with E-state index in [1.165, 1.54) is 27.7 Å². The Morgan fingerprint density at radius 1 is 1.09 bits per heavy atom. The minimum absolute atomic E-state index is 0.148. The number of nitrogens with zero attached hydrogens (tertiary/aromatic N) is 3. The van der Waals surface area contributed by atoms with Crippen LogP contribution < -0.4 is 10.4 Å². The van der Waals surface area contributed by atoms with Crippen molar-refractivity contribution in [2.75, 3.05) is 6.61 Å². The molecule has 33 heavy (non-hydrogen) atoms. The molecule has 0 aliphatic rings. The number of alkyl halides is 3. The second-order valence-electron chi connectivity index (χ2n) is 7.92. The molecule has 0 fully saturated rings. The van der Waals surface area contributed by atoms with Crippen LogP contribution in [0.15, 0.2) is 53.6 Å². The van der Waals surface area contributed by atoms with Gasteiger partial charge in [0, 0.05) is 0 Å². The summed E-state index contributed by atoms with van der Waals surface area (Å²) in [5.74, 6) is 0.0215. The third kappa shape index (κ3) is 5.44. The van der Waals surface area contributed by atoms with Crippen LogP contribution >= 0.6 is 0 Å². The average molecular weight is 463 g/mol. The number of hydrogen-bond acceptors (Lipinski definition) is 5. The molecule has 3 aromatic rings. The summed E-state index contributed by atoms with van der Waals surface area (Å²) < 4.78 is 51.5. The van der Waals surface area contributed by atoms with Gasteiger partial charge in [-0.3, -0.25) is 0 Å². The van der Waals surface area contributed by atoms with E-state index in [1.54, 1.807) is 39.0 Å². The molecule has 0 saturated carbocycles. The van der Waals surface area contributed by atoms with E-state index < -0.39 is 29.0 Å². The first-order chi connectivity index (χ1) is 15.4. The van der Waals surface area contributed by atoms with Gasteiger partial charge in [-0.15, -0.1) is 0 Å². The van der Waals surface area contributed by atoms with Crippen molar-refractivity contribution in [3.63, 3.8) is 0 Å². The number of hydrogen-bond donors (Lipinski definition) is 0. The van der Waals surface area contributed by atoms with Gasteiger partial charge in [0.1, 0.15) is 12.1 Å². The van der Waals surface area contributed by atoms with Crippen molar-refractivity contribution < 1.29 is 27.4 Å². The molecule has 0 saturated heterocycles. The summed E-state index contributed by atoms with van der Waals surface area (Å²) in [4.78, 5) is 24.8. The normalized spacial score (nSPS) is 12.0. The van der Waals surface area contributed by atoms with Gasteiger partial charge in [-0.2, -0.15) is 18.3 Å². The predicted molar refractivity (Wildman–Crippen MR) is 114 cm³/mol. The van der Waals surface area contributed by atoms with Gasteiger partial charge in [0.25, 0.3) is 0 Å². The molecule has 0 aliphatic carbocycles. The van der Waals surface area contributed by atoms with Gasteiger partial charge in [0.05, 0.1) is 24.4 Å². The highest BCUT2D eigenvalue weighted by atomic mass is 19.4. The lowest BCUT2D eigenvalue weighted by Gasteiger charge is -2.25. The number of ether oxygens (including phenoxy) is 2. The second kappa shape index (κ2) is 9.13. The van der Waals surface area contributed by atoms with E-state index in [9.17, 15) is 22.8 Å². The van der Waals surface area contributed by atoms with Crippen LogP contribution in [0.4, 0.5) is 13.2 Å². The van der Waals surface area contributed by atoms with Gasteiger partial charge in [-0.25, -0.2) is 18.8 Å². The van der Waals surface area contributed by atoms with Gasteiger partial charge < -0.3 is 9.47 Å². The van der Waals surface area contributed by atoms with Gasteiger partial charge in [-0.1, -0.05) is 12.1 Å². The SMILES string of the molecule is CCOC(=O)C(C)(C)Oc1ccc(Cn2ncn(-c3ccc(C(F)(F)F)cc3)c2=O)cc1C. The molecular weight excluding hydrogens is 439 g/mol. The van der Waals surface area contributed by atoms with Crippen molar-refractivity contribution in [2.24, 2.45) is 0 Å². The van der Waals surface area contributed by atoms with Crippen molar-refractivity contribution in [3.8, 4) is 11.4 Å². The molecule has 0 N–H and O–H groups in total. The molecular formula is C23H24F3N3O4. The molecule has 7 nitrogen and oxygen atoms in total. The smallest absolute Gasteiger partial charge is 0.416 e. The monoisotopic (exact) mass is 463 g/mol. The van der Waals surface area contributed by atoms with Crippen LogP contribution in [0.3, 0.4) is 0 Å². The van der Waals surface area contributed by atoms with Crippen LogP contribution in [0.25, 0.3) is 5.69 Å². The number of aromatic nitrogens is 3. The maximum atomic E-state index is 12.8. The quantitative estimate of drug-likeness (QED) is 0.493. The Balaban J connectivity index is 1.77. The zero-order chi connectivity index (χ0) is 24.4. The van der Waals surface area contributed by atoms with E-state index in [4.69, 9.17) is 9.47 Å². The lowest BCUT2D eigenvalue weighted by molar-refractivity contribution is -0.158. The number of benzene rings is 2. The zero-order valence-electron chi connectivity index (χ0n) is 18.6. The predicted octanol–water partition coefficient (Wildman–Crippen LogP) is 4.13. The van der Waals surface area contributed by atoms with Crippen molar-refractivity contribution in [3.05, 3.63) is 76.0 Å². The first kappa shape index (κ1) is 24.1. The van der Waals surface area contributed by atoms with Crippen molar-refractivity contribution in [2.45, 2.75) is 46.0 Å². The summed E-state index contributed by atoms with van der Waals surface area (Å²) in [6.45, 7) is 7.16. The number of esters is 1. The van der Waals surface area contributed by atoms with E-state index in [0.717, 1.165) is 23.3 Å². The maximum Gasteiger partial charge on any atom is 0.416 e. The topological polar surface area (TPSA) is 75.3 Å². The lowest BCUT2D eigenvalue weighted by atomic mass is 10.1. The van der Waals surface area contributed by atoms with Crippen LogP contribution in [0.2, 0.25) is 0 Å². The summed E-state index contributed by atoms with van der Waals surface area (Å²) in [6, 6.07) is 9.52. The molecule has 0 spiro atoms. The van der Waals surface area contributed by atoms with Gasteiger partial charge in [0.2, 0.25) is 0 Å². The summed E-state index contributed by atoms with van der Waals surface area (Å²) in [5, 5.41) is 4.07. The van der Waals surface area contributed by atoms with Crippen LogP contribution in [0, 0.1) is 6.92 Å². The highest BCUT2D eigenvalue weighted by Gasteiger charge is 2.32. The number of carbonyl (C=O) groups is 1. The van der Waals surface area contributed by atoms with Crippen LogP contribution in [-0.4, -0.2) is 32.5 Å². The van der Waals surface area contributed by atoms with Gasteiger partial charge in [0.15, 0.2) is 5.60 Å². The fourth-order valence-corrected chi connectivity index (χ4v) is 3.15. The van der Waals surface area contributed by atoms with Crippen LogP contribution in [-0.2, 0) is 22.3 Å². The number of halogens is 3. The Hall–Kier alpha value is -3.56. The minimum atomic E-state index is -4.45. The Morgan fingerprint density at radius 2 is 1.76 bits per heavy atom. The summed E-state index contributed by atoms with van der Waals surface area (Å²) in [6.07, 6.45) is -3.19. The van der Waals surface area contributed by atoms with E-state index in [-0.39, 0.29) is 18.8 Å². The molecule has 3 rings (SSSR count). The second-order valence-corrected chi connectivity index (χ2v) is 7.92. The fraction of sp³-hybridized carbons (Fsp3) is 0.348. The molecule has 0 radical (unpaired) electrons. The van der Waals surface area contributed by atoms with E-state index >= 15 is 0 Å². The Labute approximate surface area is 188 Å². The highest BCUT2D eigenvalue weighted by molar-refractivity contribution is 5.79. The van der Waals surface area contributed by atoms with E-state index in [0.29, 0.717) is 5.75 Å². The summed E-state index contributed by atoms with van der Waals surface area (Å²) in [5.41, 5.74) is -0.666. The molecule has 0 unspecified atom stereocenters.